The van der Waals surface area contributed by atoms with Crippen LogP contribution in [0.15, 0.2) is 24.3 Å². The predicted molar refractivity (Wildman–Crippen MR) is 93.4 cm³/mol. The molecule has 0 spiro atoms. The van der Waals surface area contributed by atoms with Gasteiger partial charge in [-0.3, -0.25) is 4.90 Å². The summed E-state index contributed by atoms with van der Waals surface area (Å²) in [5.41, 5.74) is 2.67. The summed E-state index contributed by atoms with van der Waals surface area (Å²) >= 11 is 0. The van der Waals surface area contributed by atoms with Gasteiger partial charge in [0.15, 0.2) is 0 Å². The van der Waals surface area contributed by atoms with E-state index in [2.05, 4.69) is 48.3 Å². The highest BCUT2D eigenvalue weighted by Gasteiger charge is 2.23. The third-order valence-corrected chi connectivity index (χ3v) is 5.41. The Morgan fingerprint density at radius 3 is 2.65 bits per heavy atom. The van der Waals surface area contributed by atoms with Gasteiger partial charge in [0.25, 0.3) is 0 Å². The van der Waals surface area contributed by atoms with Crippen LogP contribution >= 0.6 is 0 Å². The molecule has 4 nitrogen and oxygen atoms in total. The Bertz CT molecular complexity index is 537. The van der Waals surface area contributed by atoms with Crippen molar-refractivity contribution < 1.29 is 4.79 Å². The summed E-state index contributed by atoms with van der Waals surface area (Å²) < 4.78 is 0. The van der Waals surface area contributed by atoms with Crippen molar-refractivity contribution >= 4 is 6.03 Å². The number of carbonyl (C=O) groups excluding carboxylic acids is 1. The van der Waals surface area contributed by atoms with Crippen molar-refractivity contribution in [3.05, 3.63) is 35.4 Å². The van der Waals surface area contributed by atoms with Gasteiger partial charge in [-0.1, -0.05) is 31.2 Å². The third-order valence-electron chi connectivity index (χ3n) is 5.41. The molecule has 1 aromatic rings. The van der Waals surface area contributed by atoms with E-state index in [9.17, 15) is 4.79 Å². The lowest BCUT2D eigenvalue weighted by Gasteiger charge is -2.35. The van der Waals surface area contributed by atoms with Crippen molar-refractivity contribution in [2.45, 2.75) is 45.7 Å². The summed E-state index contributed by atoms with van der Waals surface area (Å²) in [6, 6.07) is 8.94. The van der Waals surface area contributed by atoms with Crippen LogP contribution in [0.4, 0.5) is 4.79 Å². The van der Waals surface area contributed by atoms with Gasteiger partial charge in [0.1, 0.15) is 0 Å². The number of rotatable bonds is 3. The van der Waals surface area contributed by atoms with Crippen LogP contribution in [0, 0.1) is 5.92 Å². The number of nitrogens with one attached hydrogen (secondary N) is 1. The predicted octanol–water partition coefficient (Wildman–Crippen LogP) is 2.87. The van der Waals surface area contributed by atoms with Gasteiger partial charge < -0.3 is 10.2 Å². The van der Waals surface area contributed by atoms with Gasteiger partial charge in [-0.15, -0.1) is 0 Å². The highest BCUT2D eigenvalue weighted by atomic mass is 16.2. The molecule has 0 bridgehead atoms. The molecular weight excluding hydrogens is 286 g/mol. The van der Waals surface area contributed by atoms with E-state index >= 15 is 0 Å². The number of urea groups is 1. The van der Waals surface area contributed by atoms with E-state index in [4.69, 9.17) is 0 Å². The average Bonchev–Trinajstić information content (AvgIpc) is 2.59. The fourth-order valence-corrected chi connectivity index (χ4v) is 3.61. The summed E-state index contributed by atoms with van der Waals surface area (Å²) in [4.78, 5) is 16.9. The van der Waals surface area contributed by atoms with Gasteiger partial charge >= 0.3 is 6.03 Å². The van der Waals surface area contributed by atoms with Gasteiger partial charge in [0, 0.05) is 25.7 Å². The van der Waals surface area contributed by atoms with E-state index in [-0.39, 0.29) is 6.03 Å². The number of hydrogen-bond donors (Lipinski definition) is 1. The van der Waals surface area contributed by atoms with Gasteiger partial charge in [-0.05, 0) is 56.3 Å². The Labute approximate surface area is 139 Å². The highest BCUT2D eigenvalue weighted by Crippen LogP contribution is 2.19. The summed E-state index contributed by atoms with van der Waals surface area (Å²) in [6.45, 7) is 9.17. The zero-order valence-corrected chi connectivity index (χ0v) is 14.4. The molecule has 0 radical (unpaired) electrons. The van der Waals surface area contributed by atoms with Crippen LogP contribution in [0.2, 0.25) is 0 Å². The van der Waals surface area contributed by atoms with Crippen molar-refractivity contribution in [2.24, 2.45) is 5.92 Å². The molecule has 2 heterocycles. The van der Waals surface area contributed by atoms with E-state index in [1.54, 1.807) is 0 Å². The van der Waals surface area contributed by atoms with Gasteiger partial charge in [0.2, 0.25) is 0 Å². The molecule has 126 valence electrons. The van der Waals surface area contributed by atoms with Gasteiger partial charge in [-0.25, -0.2) is 4.79 Å². The minimum Gasteiger partial charge on any atom is -0.336 e. The number of likely N-dealkylation sites (tertiary alicyclic amines) is 1. The number of benzene rings is 1. The lowest BCUT2D eigenvalue weighted by atomic mass is 9.98. The van der Waals surface area contributed by atoms with Crippen LogP contribution in [0.3, 0.4) is 0 Å². The number of fused-ring (bicyclic) bond motifs is 1. The molecular formula is C19H29N3O. The smallest absolute Gasteiger partial charge is 0.317 e. The summed E-state index contributed by atoms with van der Waals surface area (Å²) in [6.07, 6.45) is 3.52. The van der Waals surface area contributed by atoms with Gasteiger partial charge in [0.05, 0.1) is 0 Å². The Morgan fingerprint density at radius 2 is 1.91 bits per heavy atom. The number of nitrogens with zero attached hydrogens (tertiary/aromatic N) is 2. The van der Waals surface area contributed by atoms with E-state index in [1.807, 2.05) is 4.90 Å². The number of carbonyl (C=O) groups is 1. The third kappa shape index (κ3) is 4.05. The molecule has 0 aliphatic carbocycles. The van der Waals surface area contributed by atoms with Crippen molar-refractivity contribution in [2.75, 3.05) is 26.2 Å². The standard InChI is InChI=1S/C19H29N3O/c1-15-7-10-21(11-8-15)16(2)13-20-19(23)22-12-9-17-5-3-4-6-18(17)14-22/h3-6,15-16H,7-14H2,1-2H3,(H,20,23)/t16-/m1/s1. The summed E-state index contributed by atoms with van der Waals surface area (Å²) in [7, 11) is 0. The molecule has 1 saturated heterocycles. The second-order valence-electron chi connectivity index (χ2n) is 7.19. The normalized spacial score (nSPS) is 20.9. The monoisotopic (exact) mass is 315 g/mol. The number of hydrogen-bond acceptors (Lipinski definition) is 2. The van der Waals surface area contributed by atoms with E-state index < -0.39 is 0 Å². The molecule has 2 amide bonds. The van der Waals surface area contributed by atoms with Crippen molar-refractivity contribution in [1.29, 1.82) is 0 Å². The molecule has 1 atom stereocenters. The van der Waals surface area contributed by atoms with Crippen LogP contribution in [0.25, 0.3) is 0 Å². The second kappa shape index (κ2) is 7.35. The maximum atomic E-state index is 12.4. The molecule has 1 fully saturated rings. The molecule has 1 aromatic carbocycles. The SMILES string of the molecule is CC1CCN([C@H](C)CNC(=O)N2CCc3ccccc3C2)CC1. The second-order valence-corrected chi connectivity index (χ2v) is 7.19. The molecule has 2 aliphatic heterocycles. The highest BCUT2D eigenvalue weighted by molar-refractivity contribution is 5.74. The zero-order valence-electron chi connectivity index (χ0n) is 14.4. The maximum absolute atomic E-state index is 12.4. The largest absolute Gasteiger partial charge is 0.336 e. The summed E-state index contributed by atoms with van der Waals surface area (Å²) in [5.74, 6) is 0.849. The van der Waals surface area contributed by atoms with E-state index in [1.165, 1.54) is 24.0 Å². The van der Waals surface area contributed by atoms with Crippen molar-refractivity contribution in [3.8, 4) is 0 Å². The van der Waals surface area contributed by atoms with Crippen molar-refractivity contribution in [3.63, 3.8) is 0 Å². The van der Waals surface area contributed by atoms with Gasteiger partial charge in [-0.2, -0.15) is 0 Å². The zero-order chi connectivity index (χ0) is 16.2. The Kier molecular flexibility index (Phi) is 5.21. The quantitative estimate of drug-likeness (QED) is 0.931. The molecule has 4 heteroatoms. The molecule has 2 aliphatic rings. The first kappa shape index (κ1) is 16.3. The fourth-order valence-electron chi connectivity index (χ4n) is 3.61. The molecule has 0 unspecified atom stereocenters. The molecule has 0 aromatic heterocycles. The molecule has 0 saturated carbocycles. The van der Waals surface area contributed by atoms with Crippen LogP contribution < -0.4 is 5.32 Å². The Balaban J connectivity index is 1.46. The molecule has 23 heavy (non-hydrogen) atoms. The average molecular weight is 315 g/mol. The van der Waals surface area contributed by atoms with Crippen LogP contribution in [0.1, 0.15) is 37.8 Å². The van der Waals surface area contributed by atoms with Crippen LogP contribution in [-0.4, -0.2) is 48.1 Å². The fraction of sp³-hybridized carbons (Fsp3) is 0.632. The Hall–Kier alpha value is -1.55. The first-order valence-electron chi connectivity index (χ1n) is 8.97. The maximum Gasteiger partial charge on any atom is 0.317 e. The Morgan fingerprint density at radius 1 is 1.22 bits per heavy atom. The number of amides is 2. The molecule has 3 rings (SSSR count). The topological polar surface area (TPSA) is 35.6 Å². The lowest BCUT2D eigenvalue weighted by molar-refractivity contribution is 0.141. The first-order chi connectivity index (χ1) is 11.1. The molecule has 1 N–H and O–H groups in total. The summed E-state index contributed by atoms with van der Waals surface area (Å²) in [5, 5.41) is 3.14. The first-order valence-corrected chi connectivity index (χ1v) is 8.97. The lowest BCUT2D eigenvalue weighted by Crippen LogP contribution is -2.49. The van der Waals surface area contributed by atoms with E-state index in [0.29, 0.717) is 6.04 Å². The van der Waals surface area contributed by atoms with Crippen LogP contribution in [-0.2, 0) is 13.0 Å². The van der Waals surface area contributed by atoms with E-state index in [0.717, 1.165) is 45.1 Å². The van der Waals surface area contributed by atoms with Crippen molar-refractivity contribution in [1.82, 2.24) is 15.1 Å². The number of piperidine rings is 1. The van der Waals surface area contributed by atoms with Crippen LogP contribution in [0.5, 0.6) is 0 Å². The minimum atomic E-state index is 0.0803. The minimum absolute atomic E-state index is 0.0803.